The Bertz CT molecular complexity index is 1300. The van der Waals surface area contributed by atoms with E-state index >= 15 is 0 Å². The zero-order valence-corrected chi connectivity index (χ0v) is 18.6. The second-order valence-corrected chi connectivity index (χ2v) is 8.26. The van der Waals surface area contributed by atoms with E-state index in [1.54, 1.807) is 6.07 Å². The number of hydrogen-bond donors (Lipinski definition) is 2. The van der Waals surface area contributed by atoms with Crippen LogP contribution in [0.25, 0.3) is 21.8 Å². The second kappa shape index (κ2) is 9.27. The summed E-state index contributed by atoms with van der Waals surface area (Å²) in [4.78, 5) is 23.6. The number of carbonyl (C=O) groups is 2. The van der Waals surface area contributed by atoms with Gasteiger partial charge in [0.1, 0.15) is 0 Å². The Morgan fingerprint density at radius 2 is 1.84 bits per heavy atom. The topological polar surface area (TPSA) is 77.1 Å². The minimum Gasteiger partial charge on any atom is -0.366 e. The second-order valence-electron chi connectivity index (χ2n) is 8.26. The van der Waals surface area contributed by atoms with Crippen molar-refractivity contribution >= 4 is 39.3 Å². The zero-order chi connectivity index (χ0) is 22.7. The number of anilines is 1. The van der Waals surface area contributed by atoms with Crippen molar-refractivity contribution in [2.24, 2.45) is 5.73 Å². The fraction of sp³-hybridized carbons (Fsp3) is 0.259. The summed E-state index contributed by atoms with van der Waals surface area (Å²) in [5.74, 6) is -0.542. The molecule has 5 heteroatoms. The van der Waals surface area contributed by atoms with Crippen molar-refractivity contribution in [3.05, 3.63) is 77.4 Å². The van der Waals surface area contributed by atoms with Gasteiger partial charge in [-0.15, -0.1) is 0 Å². The number of nitrogens with one attached hydrogen (secondary N) is 1. The maximum atomic E-state index is 12.2. The molecule has 0 bridgehead atoms. The zero-order valence-electron chi connectivity index (χ0n) is 18.6. The van der Waals surface area contributed by atoms with E-state index in [9.17, 15) is 9.59 Å². The number of rotatable bonds is 8. The van der Waals surface area contributed by atoms with Gasteiger partial charge < -0.3 is 15.6 Å². The van der Waals surface area contributed by atoms with Crippen LogP contribution in [0.2, 0.25) is 0 Å². The van der Waals surface area contributed by atoms with Crippen molar-refractivity contribution < 1.29 is 9.59 Å². The molecule has 1 aromatic heterocycles. The summed E-state index contributed by atoms with van der Waals surface area (Å²) < 4.78 is 2.21. The molecule has 163 valence electrons. The molecule has 0 aliphatic heterocycles. The minimum atomic E-state index is -0.442. The summed E-state index contributed by atoms with van der Waals surface area (Å²) in [6.07, 6.45) is 4.52. The van der Waals surface area contributed by atoms with E-state index in [2.05, 4.69) is 28.9 Å². The molecular formula is C27H28N3O2. The van der Waals surface area contributed by atoms with Gasteiger partial charge in [0, 0.05) is 35.5 Å². The fourth-order valence-electron chi connectivity index (χ4n) is 4.33. The Hall–Kier alpha value is -3.60. The van der Waals surface area contributed by atoms with Crippen molar-refractivity contribution in [1.29, 1.82) is 0 Å². The van der Waals surface area contributed by atoms with Crippen molar-refractivity contribution in [2.45, 2.75) is 46.1 Å². The molecule has 32 heavy (non-hydrogen) atoms. The quantitative estimate of drug-likeness (QED) is 0.368. The lowest BCUT2D eigenvalue weighted by Gasteiger charge is -2.11. The van der Waals surface area contributed by atoms with Crippen LogP contribution in [0.5, 0.6) is 0 Å². The van der Waals surface area contributed by atoms with Gasteiger partial charge in [-0.1, -0.05) is 44.0 Å². The molecule has 0 atom stereocenters. The van der Waals surface area contributed by atoms with Crippen molar-refractivity contribution in [3.63, 3.8) is 0 Å². The van der Waals surface area contributed by atoms with Crippen LogP contribution in [0.3, 0.4) is 0 Å². The van der Waals surface area contributed by atoms with Gasteiger partial charge in [0.2, 0.25) is 11.8 Å². The number of nitrogens with two attached hydrogens (primary N) is 1. The molecule has 5 nitrogen and oxygen atoms in total. The SMILES string of the molecule is CCCCCc1c[c]c2c3c(C(N)=O)cccc3n(Cc3cccc(NC(C)=O)c3)c2c1. The number of aryl methyl sites for hydroxylation is 1. The van der Waals surface area contributed by atoms with Crippen LogP contribution in [0, 0.1) is 6.07 Å². The smallest absolute Gasteiger partial charge is 0.249 e. The van der Waals surface area contributed by atoms with Crippen molar-refractivity contribution in [1.82, 2.24) is 4.57 Å². The lowest BCUT2D eigenvalue weighted by atomic mass is 10.0. The highest BCUT2D eigenvalue weighted by molar-refractivity contribution is 6.17. The first kappa shape index (κ1) is 21.6. The van der Waals surface area contributed by atoms with Crippen LogP contribution in [0.1, 0.15) is 54.6 Å². The number of amides is 2. The van der Waals surface area contributed by atoms with Gasteiger partial charge in [-0.3, -0.25) is 9.59 Å². The summed E-state index contributed by atoms with van der Waals surface area (Å²) in [7, 11) is 0. The van der Waals surface area contributed by atoms with Crippen molar-refractivity contribution in [2.75, 3.05) is 5.32 Å². The molecule has 0 aliphatic rings. The third-order valence-electron chi connectivity index (χ3n) is 5.78. The van der Waals surface area contributed by atoms with Crippen LogP contribution in [0.15, 0.2) is 54.6 Å². The molecule has 0 saturated heterocycles. The predicted molar refractivity (Wildman–Crippen MR) is 130 cm³/mol. The van der Waals surface area contributed by atoms with E-state index in [1.165, 1.54) is 25.3 Å². The highest BCUT2D eigenvalue weighted by Gasteiger charge is 2.17. The van der Waals surface area contributed by atoms with E-state index in [0.29, 0.717) is 12.1 Å². The molecular weight excluding hydrogens is 398 g/mol. The van der Waals surface area contributed by atoms with Gasteiger partial charge in [0.15, 0.2) is 0 Å². The third kappa shape index (κ3) is 4.37. The Balaban J connectivity index is 1.86. The van der Waals surface area contributed by atoms with Crippen LogP contribution in [-0.2, 0) is 17.8 Å². The summed E-state index contributed by atoms with van der Waals surface area (Å²) in [6.45, 7) is 4.30. The summed E-state index contributed by atoms with van der Waals surface area (Å²) in [5, 5.41) is 4.60. The van der Waals surface area contributed by atoms with Gasteiger partial charge in [0.25, 0.3) is 0 Å². The molecule has 2 amide bonds. The first-order chi connectivity index (χ1) is 15.5. The average Bonchev–Trinajstić information content (AvgIpc) is 3.07. The number of hydrogen-bond acceptors (Lipinski definition) is 2. The molecule has 0 saturated carbocycles. The highest BCUT2D eigenvalue weighted by Crippen LogP contribution is 2.33. The lowest BCUT2D eigenvalue weighted by Crippen LogP contribution is -2.11. The average molecular weight is 427 g/mol. The molecule has 3 N–H and O–H groups in total. The van der Waals surface area contributed by atoms with Gasteiger partial charge in [-0.2, -0.15) is 0 Å². The van der Waals surface area contributed by atoms with E-state index in [1.807, 2.05) is 42.5 Å². The monoisotopic (exact) mass is 426 g/mol. The number of benzene rings is 3. The number of nitrogens with zero attached hydrogens (tertiary/aromatic N) is 1. The summed E-state index contributed by atoms with van der Waals surface area (Å²) in [6, 6.07) is 21.2. The molecule has 1 radical (unpaired) electrons. The van der Waals surface area contributed by atoms with E-state index in [0.717, 1.165) is 45.9 Å². The van der Waals surface area contributed by atoms with Gasteiger partial charge in [0.05, 0.1) is 11.0 Å². The van der Waals surface area contributed by atoms with Crippen LogP contribution in [-0.4, -0.2) is 16.4 Å². The minimum absolute atomic E-state index is 0.101. The standard InChI is InChI=1S/C27H28N3O2/c1-3-4-5-8-19-13-14-22-25(16-19)30(24-12-7-11-23(26(22)24)27(28)32)17-20-9-6-10-21(15-20)29-18(2)31/h6-7,9-13,15-16H,3-5,8,17H2,1-2H3,(H2,28,32)(H,29,31). The fourth-order valence-corrected chi connectivity index (χ4v) is 4.33. The molecule has 4 rings (SSSR count). The Kier molecular flexibility index (Phi) is 6.26. The molecule has 3 aromatic carbocycles. The molecule has 0 spiro atoms. The number of primary amides is 1. The number of carbonyl (C=O) groups excluding carboxylic acids is 2. The highest BCUT2D eigenvalue weighted by atomic mass is 16.1. The lowest BCUT2D eigenvalue weighted by molar-refractivity contribution is -0.114. The molecule has 4 aromatic rings. The first-order valence-corrected chi connectivity index (χ1v) is 11.1. The van der Waals surface area contributed by atoms with Crippen LogP contribution >= 0.6 is 0 Å². The number of fused-ring (bicyclic) bond motifs is 3. The normalized spacial score (nSPS) is 11.2. The molecule has 1 heterocycles. The Morgan fingerprint density at radius 3 is 2.59 bits per heavy atom. The van der Waals surface area contributed by atoms with Crippen LogP contribution < -0.4 is 11.1 Å². The van der Waals surface area contributed by atoms with E-state index in [4.69, 9.17) is 5.73 Å². The van der Waals surface area contributed by atoms with Crippen molar-refractivity contribution in [3.8, 4) is 0 Å². The summed E-state index contributed by atoms with van der Waals surface area (Å²) >= 11 is 0. The van der Waals surface area contributed by atoms with E-state index in [-0.39, 0.29) is 5.91 Å². The number of unbranched alkanes of at least 4 members (excludes halogenated alkanes) is 2. The Morgan fingerprint density at radius 1 is 1.03 bits per heavy atom. The molecule has 0 fully saturated rings. The maximum absolute atomic E-state index is 12.2. The van der Waals surface area contributed by atoms with E-state index < -0.39 is 5.91 Å². The largest absolute Gasteiger partial charge is 0.366 e. The molecule has 0 unspecified atom stereocenters. The summed E-state index contributed by atoms with van der Waals surface area (Å²) in [5.41, 5.74) is 11.3. The van der Waals surface area contributed by atoms with Gasteiger partial charge in [-0.05, 0) is 60.4 Å². The number of aromatic nitrogens is 1. The van der Waals surface area contributed by atoms with Gasteiger partial charge in [-0.25, -0.2) is 0 Å². The Labute approximate surface area is 188 Å². The van der Waals surface area contributed by atoms with Crippen LogP contribution in [0.4, 0.5) is 5.69 Å². The third-order valence-corrected chi connectivity index (χ3v) is 5.78. The first-order valence-electron chi connectivity index (χ1n) is 11.1. The van der Waals surface area contributed by atoms with Gasteiger partial charge >= 0.3 is 0 Å². The molecule has 0 aliphatic carbocycles. The predicted octanol–water partition coefficient (Wildman–Crippen LogP) is 5.43. The maximum Gasteiger partial charge on any atom is 0.249 e.